The van der Waals surface area contributed by atoms with Crippen LogP contribution in [-0.2, 0) is 4.79 Å². The predicted octanol–water partition coefficient (Wildman–Crippen LogP) is 1.94. The summed E-state index contributed by atoms with van der Waals surface area (Å²) in [5.41, 5.74) is 0.339. The summed E-state index contributed by atoms with van der Waals surface area (Å²) in [6.45, 7) is 2.28. The Morgan fingerprint density at radius 2 is 2.17 bits per heavy atom. The van der Waals surface area contributed by atoms with Crippen molar-refractivity contribution in [3.8, 4) is 5.75 Å². The van der Waals surface area contributed by atoms with E-state index in [4.69, 9.17) is 21.4 Å². The molecule has 0 fully saturated rings. The molecule has 98 valence electrons. The maximum Gasteiger partial charge on any atom is 0.305 e. The van der Waals surface area contributed by atoms with E-state index in [0.29, 0.717) is 22.9 Å². The molecule has 0 radical (unpaired) electrons. The molecule has 0 bridgehead atoms. The standard InChI is InChI=1S/C12H14ClNO4/c1-2-18-10-7-8(13)3-4-9(10)12(17)14-6-5-11(15)16/h3-4,7H,2,5-6H2,1H3,(H,14,17)(H,15,16). The second-order valence-electron chi connectivity index (χ2n) is 3.47. The van der Waals surface area contributed by atoms with Gasteiger partial charge in [-0.1, -0.05) is 11.6 Å². The molecule has 0 atom stereocenters. The highest BCUT2D eigenvalue weighted by Gasteiger charge is 2.12. The zero-order chi connectivity index (χ0) is 13.5. The number of amides is 1. The molecule has 0 saturated heterocycles. The number of rotatable bonds is 6. The monoisotopic (exact) mass is 271 g/mol. The van der Waals surface area contributed by atoms with E-state index in [1.54, 1.807) is 25.1 Å². The summed E-state index contributed by atoms with van der Waals surface area (Å²) >= 11 is 5.81. The second kappa shape index (κ2) is 6.86. The normalized spacial score (nSPS) is 9.89. The smallest absolute Gasteiger partial charge is 0.305 e. The first-order chi connectivity index (χ1) is 8.54. The number of hydrogen-bond acceptors (Lipinski definition) is 3. The molecule has 0 heterocycles. The van der Waals surface area contributed by atoms with Gasteiger partial charge in [-0.15, -0.1) is 0 Å². The van der Waals surface area contributed by atoms with Gasteiger partial charge in [0.2, 0.25) is 0 Å². The van der Waals surface area contributed by atoms with Crippen molar-refractivity contribution in [2.75, 3.05) is 13.2 Å². The van der Waals surface area contributed by atoms with Crippen molar-refractivity contribution in [1.82, 2.24) is 5.32 Å². The lowest BCUT2D eigenvalue weighted by atomic mass is 10.2. The van der Waals surface area contributed by atoms with Gasteiger partial charge in [-0.05, 0) is 25.1 Å². The highest BCUT2D eigenvalue weighted by molar-refractivity contribution is 6.30. The van der Waals surface area contributed by atoms with E-state index in [9.17, 15) is 9.59 Å². The van der Waals surface area contributed by atoms with Gasteiger partial charge in [0, 0.05) is 11.6 Å². The summed E-state index contributed by atoms with van der Waals surface area (Å²) in [4.78, 5) is 22.1. The fourth-order valence-corrected chi connectivity index (χ4v) is 1.50. The molecule has 6 heteroatoms. The van der Waals surface area contributed by atoms with Crippen molar-refractivity contribution in [2.45, 2.75) is 13.3 Å². The Morgan fingerprint density at radius 1 is 1.44 bits per heavy atom. The number of carboxylic acids is 1. The SMILES string of the molecule is CCOc1cc(Cl)ccc1C(=O)NCCC(=O)O. The van der Waals surface area contributed by atoms with Crippen molar-refractivity contribution in [3.63, 3.8) is 0 Å². The Hall–Kier alpha value is -1.75. The summed E-state index contributed by atoms with van der Waals surface area (Å²) in [6, 6.07) is 4.68. The molecule has 1 aromatic carbocycles. The number of carbonyl (C=O) groups excluding carboxylic acids is 1. The number of carbonyl (C=O) groups is 2. The summed E-state index contributed by atoms with van der Waals surface area (Å²) in [5.74, 6) is -0.953. The summed E-state index contributed by atoms with van der Waals surface area (Å²) < 4.78 is 5.30. The lowest BCUT2D eigenvalue weighted by molar-refractivity contribution is -0.136. The fourth-order valence-electron chi connectivity index (χ4n) is 1.34. The first-order valence-corrected chi connectivity index (χ1v) is 5.84. The topological polar surface area (TPSA) is 75.6 Å². The number of aliphatic carboxylic acids is 1. The van der Waals surface area contributed by atoms with Crippen LogP contribution in [0.25, 0.3) is 0 Å². The van der Waals surface area contributed by atoms with Crippen LogP contribution in [0.3, 0.4) is 0 Å². The molecule has 0 unspecified atom stereocenters. The zero-order valence-corrected chi connectivity index (χ0v) is 10.7. The van der Waals surface area contributed by atoms with Crippen LogP contribution in [0.2, 0.25) is 5.02 Å². The molecule has 0 aliphatic heterocycles. The first-order valence-electron chi connectivity index (χ1n) is 5.47. The molecule has 5 nitrogen and oxygen atoms in total. The van der Waals surface area contributed by atoms with Crippen molar-refractivity contribution >= 4 is 23.5 Å². The largest absolute Gasteiger partial charge is 0.493 e. The molecule has 1 aromatic rings. The molecule has 2 N–H and O–H groups in total. The average Bonchev–Trinajstić information content (AvgIpc) is 2.29. The molecule has 1 amide bonds. The van der Waals surface area contributed by atoms with E-state index in [1.165, 1.54) is 0 Å². The summed E-state index contributed by atoms with van der Waals surface area (Å²) in [5, 5.41) is 11.5. The second-order valence-corrected chi connectivity index (χ2v) is 3.91. The average molecular weight is 272 g/mol. The molecule has 0 aliphatic rings. The van der Waals surface area contributed by atoms with Gasteiger partial charge in [-0.2, -0.15) is 0 Å². The lowest BCUT2D eigenvalue weighted by Crippen LogP contribution is -2.26. The van der Waals surface area contributed by atoms with Gasteiger partial charge in [0.15, 0.2) is 0 Å². The number of nitrogens with one attached hydrogen (secondary N) is 1. The fraction of sp³-hybridized carbons (Fsp3) is 0.333. The third-order valence-electron chi connectivity index (χ3n) is 2.11. The Balaban J connectivity index is 2.74. The molecule has 0 aliphatic carbocycles. The number of ether oxygens (including phenoxy) is 1. The Bertz CT molecular complexity index is 448. The first kappa shape index (κ1) is 14.3. The third kappa shape index (κ3) is 4.25. The molecule has 0 saturated carbocycles. The van der Waals surface area contributed by atoms with Crippen LogP contribution in [0.5, 0.6) is 5.75 Å². The lowest BCUT2D eigenvalue weighted by Gasteiger charge is -2.10. The van der Waals surface area contributed by atoms with E-state index in [-0.39, 0.29) is 18.9 Å². The van der Waals surface area contributed by atoms with Crippen LogP contribution in [0.1, 0.15) is 23.7 Å². The zero-order valence-electron chi connectivity index (χ0n) is 9.90. The van der Waals surface area contributed by atoms with Crippen molar-refractivity contribution in [3.05, 3.63) is 28.8 Å². The summed E-state index contributed by atoms with van der Waals surface area (Å²) in [6.07, 6.45) is -0.122. The van der Waals surface area contributed by atoms with Crippen LogP contribution in [0.4, 0.5) is 0 Å². The maximum absolute atomic E-state index is 11.8. The van der Waals surface area contributed by atoms with Crippen LogP contribution in [0, 0.1) is 0 Å². The molecule has 18 heavy (non-hydrogen) atoms. The van der Waals surface area contributed by atoms with E-state index >= 15 is 0 Å². The molecular weight excluding hydrogens is 258 g/mol. The van der Waals surface area contributed by atoms with Crippen molar-refractivity contribution in [1.29, 1.82) is 0 Å². The van der Waals surface area contributed by atoms with E-state index in [1.807, 2.05) is 0 Å². The number of benzene rings is 1. The van der Waals surface area contributed by atoms with Gasteiger partial charge >= 0.3 is 5.97 Å². The minimum Gasteiger partial charge on any atom is -0.493 e. The van der Waals surface area contributed by atoms with Gasteiger partial charge in [0.1, 0.15) is 5.75 Å². The number of carboxylic acid groups (broad SMARTS) is 1. The Kier molecular flexibility index (Phi) is 5.45. The molecular formula is C12H14ClNO4. The quantitative estimate of drug-likeness (QED) is 0.829. The third-order valence-corrected chi connectivity index (χ3v) is 2.35. The van der Waals surface area contributed by atoms with Gasteiger partial charge < -0.3 is 15.2 Å². The number of hydrogen-bond donors (Lipinski definition) is 2. The van der Waals surface area contributed by atoms with Crippen LogP contribution < -0.4 is 10.1 Å². The van der Waals surface area contributed by atoms with E-state index in [0.717, 1.165) is 0 Å². The van der Waals surface area contributed by atoms with E-state index < -0.39 is 5.97 Å². The van der Waals surface area contributed by atoms with Gasteiger partial charge in [-0.25, -0.2) is 0 Å². The highest BCUT2D eigenvalue weighted by Crippen LogP contribution is 2.23. The Morgan fingerprint density at radius 3 is 2.78 bits per heavy atom. The van der Waals surface area contributed by atoms with Crippen LogP contribution >= 0.6 is 11.6 Å². The number of halogens is 1. The summed E-state index contributed by atoms with van der Waals surface area (Å²) in [7, 11) is 0. The van der Waals surface area contributed by atoms with Crippen molar-refractivity contribution < 1.29 is 19.4 Å². The van der Waals surface area contributed by atoms with Gasteiger partial charge in [-0.3, -0.25) is 9.59 Å². The van der Waals surface area contributed by atoms with Gasteiger partial charge in [0.05, 0.1) is 18.6 Å². The Labute approximate surface area is 110 Å². The molecule has 0 aromatic heterocycles. The highest BCUT2D eigenvalue weighted by atomic mass is 35.5. The maximum atomic E-state index is 11.8. The van der Waals surface area contributed by atoms with Crippen LogP contribution in [-0.4, -0.2) is 30.1 Å². The molecule has 1 rings (SSSR count). The van der Waals surface area contributed by atoms with Crippen LogP contribution in [0.15, 0.2) is 18.2 Å². The van der Waals surface area contributed by atoms with E-state index in [2.05, 4.69) is 5.32 Å². The predicted molar refractivity (Wildman–Crippen MR) is 67.2 cm³/mol. The molecule has 0 spiro atoms. The van der Waals surface area contributed by atoms with Gasteiger partial charge in [0.25, 0.3) is 5.91 Å². The minimum absolute atomic E-state index is 0.0718. The van der Waals surface area contributed by atoms with Crippen molar-refractivity contribution in [2.24, 2.45) is 0 Å². The minimum atomic E-state index is -0.962.